The topological polar surface area (TPSA) is 102 Å². The second kappa shape index (κ2) is 6.55. The van der Waals surface area contributed by atoms with Crippen molar-refractivity contribution in [2.24, 2.45) is 0 Å². The third kappa shape index (κ3) is 3.08. The number of aliphatic hydroxyl groups is 1. The Morgan fingerprint density at radius 3 is 3.04 bits per heavy atom. The molecule has 3 aromatic heterocycles. The summed E-state index contributed by atoms with van der Waals surface area (Å²) in [4.78, 5) is 13.3. The van der Waals surface area contributed by atoms with Crippen LogP contribution < -0.4 is 5.32 Å². The van der Waals surface area contributed by atoms with E-state index in [9.17, 15) is 5.11 Å². The number of fused-ring (bicyclic) bond motifs is 2. The van der Waals surface area contributed by atoms with Gasteiger partial charge in [-0.3, -0.25) is 4.98 Å². The lowest BCUT2D eigenvalue weighted by Crippen LogP contribution is -2.28. The van der Waals surface area contributed by atoms with E-state index in [0.717, 1.165) is 35.7 Å². The number of aliphatic hydroxyl groups excluding tert-OH is 1. The number of pyridine rings is 1. The van der Waals surface area contributed by atoms with Gasteiger partial charge >= 0.3 is 0 Å². The van der Waals surface area contributed by atoms with Gasteiger partial charge in [-0.2, -0.15) is 0 Å². The minimum absolute atomic E-state index is 0.0223. The first-order valence-electron chi connectivity index (χ1n) is 9.11. The average molecular weight is 361 g/mol. The minimum Gasteiger partial charge on any atom is -0.391 e. The summed E-state index contributed by atoms with van der Waals surface area (Å²) in [6.45, 7) is 0.547. The molecular formula is C19H19N7O. The molecule has 1 fully saturated rings. The quantitative estimate of drug-likeness (QED) is 0.574. The Kier molecular flexibility index (Phi) is 3.90. The Hall–Kier alpha value is -3.13. The zero-order valence-electron chi connectivity index (χ0n) is 14.7. The third-order valence-electron chi connectivity index (χ3n) is 5.04. The first kappa shape index (κ1) is 16.1. The molecule has 0 aliphatic heterocycles. The Labute approximate surface area is 155 Å². The highest BCUT2D eigenvalue weighted by Gasteiger charge is 2.25. The molecule has 1 saturated carbocycles. The molecule has 0 radical (unpaired) electrons. The Morgan fingerprint density at radius 1 is 1.19 bits per heavy atom. The fourth-order valence-corrected chi connectivity index (χ4v) is 3.63. The molecule has 1 aliphatic carbocycles. The van der Waals surface area contributed by atoms with Crippen molar-refractivity contribution in [2.45, 2.75) is 38.0 Å². The fourth-order valence-electron chi connectivity index (χ4n) is 3.63. The van der Waals surface area contributed by atoms with Gasteiger partial charge in [0.25, 0.3) is 0 Å². The summed E-state index contributed by atoms with van der Waals surface area (Å²) in [5.74, 6) is 0.639. The fraction of sp³-hybridized carbons (Fsp3) is 0.316. The Balaban J connectivity index is 1.44. The van der Waals surface area contributed by atoms with Crippen LogP contribution in [0.1, 0.15) is 24.8 Å². The Morgan fingerprint density at radius 2 is 2.15 bits per heavy atom. The van der Waals surface area contributed by atoms with Crippen molar-refractivity contribution in [3.63, 3.8) is 0 Å². The van der Waals surface area contributed by atoms with Crippen LogP contribution >= 0.6 is 0 Å². The SMILES string of the molecule is O[C@@H]1CCC[C@H]1Nc1cnc2nnn(Cc3ccc4ncccc4c3)c2n1. The molecule has 8 heteroatoms. The molecule has 0 bridgehead atoms. The molecule has 0 saturated heterocycles. The van der Waals surface area contributed by atoms with Gasteiger partial charge in [0.15, 0.2) is 5.65 Å². The van der Waals surface area contributed by atoms with Crippen molar-refractivity contribution in [3.05, 3.63) is 48.3 Å². The monoisotopic (exact) mass is 361 g/mol. The van der Waals surface area contributed by atoms with Gasteiger partial charge < -0.3 is 10.4 Å². The number of benzene rings is 1. The van der Waals surface area contributed by atoms with Crippen LogP contribution in [0.3, 0.4) is 0 Å². The molecule has 0 unspecified atom stereocenters. The molecule has 1 aliphatic rings. The second-order valence-corrected chi connectivity index (χ2v) is 6.93. The summed E-state index contributed by atoms with van der Waals surface area (Å²) < 4.78 is 1.75. The predicted molar refractivity (Wildman–Crippen MR) is 101 cm³/mol. The molecule has 8 nitrogen and oxygen atoms in total. The van der Waals surface area contributed by atoms with Gasteiger partial charge in [-0.25, -0.2) is 14.6 Å². The number of rotatable bonds is 4. The van der Waals surface area contributed by atoms with Gasteiger partial charge in [0.2, 0.25) is 5.65 Å². The molecular weight excluding hydrogens is 342 g/mol. The van der Waals surface area contributed by atoms with Crippen molar-refractivity contribution in [1.29, 1.82) is 0 Å². The summed E-state index contributed by atoms with van der Waals surface area (Å²) >= 11 is 0. The van der Waals surface area contributed by atoms with Crippen LogP contribution in [0.15, 0.2) is 42.7 Å². The zero-order chi connectivity index (χ0) is 18.2. The van der Waals surface area contributed by atoms with Crippen molar-refractivity contribution < 1.29 is 5.11 Å². The van der Waals surface area contributed by atoms with E-state index in [-0.39, 0.29) is 12.1 Å². The molecule has 2 atom stereocenters. The van der Waals surface area contributed by atoms with Gasteiger partial charge in [-0.05, 0) is 43.0 Å². The number of nitrogens with zero attached hydrogens (tertiary/aromatic N) is 6. The highest BCUT2D eigenvalue weighted by Crippen LogP contribution is 2.23. The summed E-state index contributed by atoms with van der Waals surface area (Å²) in [5.41, 5.74) is 3.19. The lowest BCUT2D eigenvalue weighted by molar-refractivity contribution is 0.171. The molecule has 1 aromatic carbocycles. The van der Waals surface area contributed by atoms with E-state index in [4.69, 9.17) is 0 Å². The third-order valence-corrected chi connectivity index (χ3v) is 5.04. The van der Waals surface area contributed by atoms with Crippen LogP contribution in [-0.2, 0) is 6.54 Å². The maximum Gasteiger partial charge on any atom is 0.221 e. The van der Waals surface area contributed by atoms with Gasteiger partial charge in [-0.1, -0.05) is 17.3 Å². The van der Waals surface area contributed by atoms with Gasteiger partial charge in [0, 0.05) is 11.6 Å². The summed E-state index contributed by atoms with van der Waals surface area (Å²) in [5, 5.41) is 22.7. The second-order valence-electron chi connectivity index (χ2n) is 6.93. The number of hydrogen-bond acceptors (Lipinski definition) is 7. The molecule has 136 valence electrons. The molecule has 2 N–H and O–H groups in total. The van der Waals surface area contributed by atoms with Gasteiger partial charge in [0.05, 0.1) is 30.4 Å². The number of nitrogens with one attached hydrogen (secondary N) is 1. The standard InChI is InChI=1S/C19H19N7O/c27-16-5-1-4-15(16)22-17-10-21-18-19(23-17)26(25-24-18)11-12-6-7-14-13(9-12)3-2-8-20-14/h2-3,6-10,15-16,27H,1,4-5,11H2,(H,22,23)/t15-,16-/m1/s1. The van der Waals surface area contributed by atoms with Crippen molar-refractivity contribution in [1.82, 2.24) is 29.9 Å². The van der Waals surface area contributed by atoms with E-state index < -0.39 is 0 Å². The van der Waals surface area contributed by atoms with Crippen LogP contribution in [0.25, 0.3) is 22.2 Å². The zero-order valence-corrected chi connectivity index (χ0v) is 14.7. The molecule has 3 heterocycles. The lowest BCUT2D eigenvalue weighted by atomic mass is 10.1. The van der Waals surface area contributed by atoms with Crippen LogP contribution in [0.2, 0.25) is 0 Å². The molecule has 0 spiro atoms. The predicted octanol–water partition coefficient (Wildman–Crippen LogP) is 2.14. The maximum absolute atomic E-state index is 10.0. The van der Waals surface area contributed by atoms with Gasteiger partial charge in [-0.15, -0.1) is 5.10 Å². The molecule has 5 rings (SSSR count). The van der Waals surface area contributed by atoms with Crippen molar-refractivity contribution >= 4 is 28.0 Å². The minimum atomic E-state index is -0.336. The van der Waals surface area contributed by atoms with Crippen molar-refractivity contribution in [3.8, 4) is 0 Å². The normalized spacial score (nSPS) is 19.7. The highest BCUT2D eigenvalue weighted by atomic mass is 16.3. The summed E-state index contributed by atoms with van der Waals surface area (Å²) in [7, 11) is 0. The van der Waals surface area contributed by atoms with Gasteiger partial charge in [0.1, 0.15) is 5.82 Å². The van der Waals surface area contributed by atoms with E-state index in [1.54, 1.807) is 17.1 Å². The van der Waals surface area contributed by atoms with Crippen molar-refractivity contribution in [2.75, 3.05) is 5.32 Å². The van der Waals surface area contributed by atoms with Crippen LogP contribution in [0.5, 0.6) is 0 Å². The average Bonchev–Trinajstić information content (AvgIpc) is 3.28. The van der Waals surface area contributed by atoms with Crippen LogP contribution in [0.4, 0.5) is 5.82 Å². The maximum atomic E-state index is 10.0. The van der Waals surface area contributed by atoms with E-state index in [2.05, 4.69) is 36.6 Å². The number of aromatic nitrogens is 6. The first-order valence-corrected chi connectivity index (χ1v) is 9.11. The van der Waals surface area contributed by atoms with E-state index >= 15 is 0 Å². The molecule has 27 heavy (non-hydrogen) atoms. The molecule has 0 amide bonds. The van der Waals surface area contributed by atoms with Crippen LogP contribution in [0, 0.1) is 0 Å². The van der Waals surface area contributed by atoms with E-state index in [1.807, 2.05) is 24.3 Å². The smallest absolute Gasteiger partial charge is 0.221 e. The first-order chi connectivity index (χ1) is 13.3. The largest absolute Gasteiger partial charge is 0.391 e. The highest BCUT2D eigenvalue weighted by molar-refractivity contribution is 5.79. The number of anilines is 1. The summed E-state index contributed by atoms with van der Waals surface area (Å²) in [6.07, 6.45) is 5.88. The number of hydrogen-bond donors (Lipinski definition) is 2. The van der Waals surface area contributed by atoms with Crippen LogP contribution in [-0.4, -0.2) is 47.2 Å². The lowest BCUT2D eigenvalue weighted by Gasteiger charge is -2.16. The van der Waals surface area contributed by atoms with E-state index in [0.29, 0.717) is 23.7 Å². The summed E-state index contributed by atoms with van der Waals surface area (Å²) in [6, 6.07) is 10.1. The Bertz CT molecular complexity index is 1110. The van der Waals surface area contributed by atoms with E-state index in [1.165, 1.54) is 0 Å². The molecule has 4 aromatic rings.